The van der Waals surface area contributed by atoms with Crippen LogP contribution in [0.15, 0.2) is 24.3 Å². The molecule has 0 aromatic heterocycles. The maximum absolute atomic E-state index is 11.9. The van der Waals surface area contributed by atoms with E-state index in [-0.39, 0.29) is 53.1 Å². The maximum atomic E-state index is 11.9. The van der Waals surface area contributed by atoms with Gasteiger partial charge in [-0.05, 0) is 24.3 Å². The lowest BCUT2D eigenvalue weighted by atomic mass is 10.2. The van der Waals surface area contributed by atoms with E-state index in [1.165, 1.54) is 26.4 Å². The largest absolute Gasteiger partial charge is 0.469 e. The fraction of sp³-hybridized carbons (Fsp3) is 0.364. The molecule has 2 aromatic carbocycles. The van der Waals surface area contributed by atoms with Crippen LogP contribution in [0.4, 0.5) is 5.69 Å². The first kappa shape index (κ1) is 41.2. The third-order valence-electron chi connectivity index (χ3n) is 4.14. The molecule has 0 spiro atoms. The molecule has 9 nitrogen and oxygen atoms in total. The van der Waals surface area contributed by atoms with Crippen molar-refractivity contribution in [3.05, 3.63) is 60.0 Å². The molecular formula is C22H26Cl7NO8S2. The Morgan fingerprint density at radius 1 is 0.725 bits per heavy atom. The number of benzene rings is 2. The van der Waals surface area contributed by atoms with Gasteiger partial charge in [0.2, 0.25) is 9.05 Å². The molecule has 2 rings (SSSR count). The molecule has 2 aromatic rings. The number of anilines is 1. The maximum Gasteiger partial charge on any atom is 0.306 e. The van der Waals surface area contributed by atoms with Gasteiger partial charge in [0.05, 0.1) is 60.1 Å². The highest BCUT2D eigenvalue weighted by Crippen LogP contribution is 2.31. The van der Waals surface area contributed by atoms with E-state index in [0.717, 1.165) is 0 Å². The Labute approximate surface area is 268 Å². The highest BCUT2D eigenvalue weighted by molar-refractivity contribution is 8.13. The van der Waals surface area contributed by atoms with Crippen LogP contribution in [0, 0.1) is 0 Å². The Hall–Kier alpha value is -0.890. The summed E-state index contributed by atoms with van der Waals surface area (Å²) in [7, 11) is 0.110. The summed E-state index contributed by atoms with van der Waals surface area (Å²) in [6, 6.07) is 5.93. The number of hydrogen-bond acceptors (Lipinski definition) is 9. The van der Waals surface area contributed by atoms with Gasteiger partial charge in [0.15, 0.2) is 9.84 Å². The van der Waals surface area contributed by atoms with Crippen molar-refractivity contribution in [3.8, 4) is 0 Å². The number of halogens is 7. The Morgan fingerprint density at radius 2 is 1.07 bits per heavy atom. The molecular weight excluding hydrogens is 719 g/mol. The summed E-state index contributed by atoms with van der Waals surface area (Å²) < 4.78 is 52.7. The van der Waals surface area contributed by atoms with Gasteiger partial charge in [0, 0.05) is 36.3 Å². The van der Waals surface area contributed by atoms with E-state index in [1.54, 1.807) is 12.1 Å². The zero-order valence-corrected chi connectivity index (χ0v) is 27.1. The second kappa shape index (κ2) is 19.3. The van der Waals surface area contributed by atoms with E-state index in [2.05, 4.69) is 9.47 Å². The monoisotopic (exact) mass is 741 g/mol. The average molecular weight is 745 g/mol. The van der Waals surface area contributed by atoms with E-state index in [1.807, 2.05) is 0 Å². The summed E-state index contributed by atoms with van der Waals surface area (Å²) in [6.45, 7) is 0. The van der Waals surface area contributed by atoms with Gasteiger partial charge in [0.1, 0.15) is 0 Å². The van der Waals surface area contributed by atoms with Crippen molar-refractivity contribution < 1.29 is 35.9 Å². The minimum absolute atomic E-state index is 0. The molecule has 0 saturated heterocycles. The number of rotatable bonds is 8. The second-order valence-electron chi connectivity index (χ2n) is 7.12. The molecule has 0 heterocycles. The molecule has 0 aliphatic heterocycles. The Morgan fingerprint density at radius 3 is 1.43 bits per heavy atom. The van der Waals surface area contributed by atoms with Crippen molar-refractivity contribution in [2.45, 2.75) is 26.0 Å². The summed E-state index contributed by atoms with van der Waals surface area (Å²) in [5, 5.41) is 1.95. The highest BCUT2D eigenvalue weighted by Gasteiger charge is 2.19. The lowest BCUT2D eigenvalue weighted by molar-refractivity contribution is -0.141. The van der Waals surface area contributed by atoms with Crippen molar-refractivity contribution >= 4 is 117 Å². The molecule has 0 radical (unpaired) electrons. The third kappa shape index (κ3) is 17.8. The van der Waals surface area contributed by atoms with Crippen LogP contribution in [-0.2, 0) is 43.7 Å². The molecule has 0 amide bonds. The normalized spacial score (nSPS) is 10.6. The molecule has 0 unspecified atom stereocenters. The van der Waals surface area contributed by atoms with Crippen molar-refractivity contribution in [2.75, 3.05) is 31.5 Å². The van der Waals surface area contributed by atoms with Gasteiger partial charge in [-0.2, -0.15) is 0 Å². The van der Waals surface area contributed by atoms with Crippen LogP contribution in [0.25, 0.3) is 0 Å². The molecule has 0 aliphatic carbocycles. The predicted octanol–water partition coefficient (Wildman–Crippen LogP) is 7.11. The van der Waals surface area contributed by atoms with E-state index < -0.39 is 30.8 Å². The summed E-state index contributed by atoms with van der Waals surface area (Å²) in [6.07, 6.45) is -0.399. The number of nitrogen functional groups attached to an aromatic ring is 1. The van der Waals surface area contributed by atoms with Crippen LogP contribution in [0.2, 0.25) is 30.1 Å². The van der Waals surface area contributed by atoms with Gasteiger partial charge >= 0.3 is 11.9 Å². The Bertz CT molecular complexity index is 1330. The minimum Gasteiger partial charge on any atom is -0.469 e. The van der Waals surface area contributed by atoms with Crippen LogP contribution in [-0.4, -0.2) is 54.5 Å². The topological polar surface area (TPSA) is 147 Å². The van der Waals surface area contributed by atoms with E-state index in [9.17, 15) is 26.4 Å². The number of nitrogens with two attached hydrogens (primary N) is 1. The van der Waals surface area contributed by atoms with Crippen LogP contribution in [0.5, 0.6) is 0 Å². The van der Waals surface area contributed by atoms with E-state index in [4.69, 9.17) is 86.0 Å². The number of methoxy groups -OCH3 is 2. The van der Waals surface area contributed by atoms with Gasteiger partial charge < -0.3 is 15.2 Å². The lowest BCUT2D eigenvalue weighted by Crippen LogP contribution is -2.14. The third-order valence-corrected chi connectivity index (χ3v) is 8.58. The number of ether oxygens (including phenoxy) is 2. The van der Waals surface area contributed by atoms with Crippen LogP contribution in [0.3, 0.4) is 0 Å². The summed E-state index contributed by atoms with van der Waals surface area (Å²) in [5.74, 6) is -2.21. The van der Waals surface area contributed by atoms with E-state index >= 15 is 0 Å². The number of carbonyl (C=O) groups excluding carboxylic acids is 2. The van der Waals surface area contributed by atoms with Gasteiger partial charge in [-0.15, -0.1) is 0 Å². The smallest absolute Gasteiger partial charge is 0.306 e. The summed E-state index contributed by atoms with van der Waals surface area (Å²) in [4.78, 5) is 21.2. The molecule has 40 heavy (non-hydrogen) atoms. The number of esters is 2. The molecule has 18 heteroatoms. The molecule has 0 atom stereocenters. The molecule has 0 aliphatic rings. The first-order valence-corrected chi connectivity index (χ1v) is 16.7. The van der Waals surface area contributed by atoms with Crippen LogP contribution < -0.4 is 5.73 Å². The summed E-state index contributed by atoms with van der Waals surface area (Å²) >= 11 is 34.4. The lowest BCUT2D eigenvalue weighted by Gasteiger charge is -2.08. The Kier molecular flexibility index (Phi) is 19.9. The number of hydrogen-bond donors (Lipinski definition) is 1. The first-order chi connectivity index (χ1) is 17.8. The second-order valence-corrected chi connectivity index (χ2v) is 14.7. The quantitative estimate of drug-likeness (QED) is 0.170. The molecule has 0 fully saturated rings. The zero-order valence-electron chi connectivity index (χ0n) is 20.2. The van der Waals surface area contributed by atoms with E-state index in [0.29, 0.717) is 25.8 Å². The minimum atomic E-state index is -3.56. The molecule has 228 valence electrons. The van der Waals surface area contributed by atoms with Gasteiger partial charge in [-0.3, -0.25) is 9.59 Å². The molecule has 0 bridgehead atoms. The van der Waals surface area contributed by atoms with Crippen molar-refractivity contribution in [1.82, 2.24) is 0 Å². The number of carbonyl (C=O) groups is 2. The fourth-order valence-corrected chi connectivity index (χ4v) is 6.14. The SMILES string of the molecule is C.COC(=O)CCS(=O)(=O)Cc1c(Cl)cc(Cl)cc1Cl.COC(=O)CCS(=O)(=O)Cl.Nc1c(Cl)cc(Cl)cc1Cl. The highest BCUT2D eigenvalue weighted by atomic mass is 35.7. The molecule has 0 saturated carbocycles. The summed E-state index contributed by atoms with van der Waals surface area (Å²) in [5.41, 5.74) is 6.07. The number of sulfone groups is 1. The van der Waals surface area contributed by atoms with Crippen LogP contribution >= 0.6 is 80.3 Å². The van der Waals surface area contributed by atoms with Crippen LogP contribution in [0.1, 0.15) is 25.8 Å². The molecule has 2 N–H and O–H groups in total. The van der Waals surface area contributed by atoms with Crippen molar-refractivity contribution in [3.63, 3.8) is 0 Å². The van der Waals surface area contributed by atoms with Gasteiger partial charge in [-0.1, -0.05) is 77.0 Å². The fourth-order valence-electron chi connectivity index (χ4n) is 2.20. The average Bonchev–Trinajstić information content (AvgIpc) is 2.82. The van der Waals surface area contributed by atoms with Crippen molar-refractivity contribution in [1.29, 1.82) is 0 Å². The Balaban J connectivity index is 0. The zero-order chi connectivity index (χ0) is 30.6. The van der Waals surface area contributed by atoms with Gasteiger partial charge in [0.25, 0.3) is 0 Å². The van der Waals surface area contributed by atoms with Gasteiger partial charge in [-0.25, -0.2) is 16.8 Å². The van der Waals surface area contributed by atoms with Crippen molar-refractivity contribution in [2.24, 2.45) is 0 Å². The standard InChI is InChI=1S/C11H11Cl3O4S.C6H4Cl3N.C4H7ClO4S.CH4/c1-18-11(15)2-3-19(16,17)6-8-9(13)4-7(12)5-10(8)14;7-3-1-4(8)6(10)5(9)2-3;1-9-4(6)2-3-10(5,7)8;/h4-5H,2-3,6H2,1H3;1-2H,10H2;2-3H2,1H3;1H4. The predicted molar refractivity (Wildman–Crippen MR) is 164 cm³/mol. The first-order valence-electron chi connectivity index (χ1n) is 10.1.